The van der Waals surface area contributed by atoms with Gasteiger partial charge in [-0.2, -0.15) is 0 Å². The molecule has 0 radical (unpaired) electrons. The minimum absolute atomic E-state index is 0.0535. The van der Waals surface area contributed by atoms with Gasteiger partial charge in [0.2, 0.25) is 5.91 Å². The summed E-state index contributed by atoms with van der Waals surface area (Å²) in [6.07, 6.45) is 3.11. The number of nitrogens with one attached hydrogen (secondary N) is 1. The van der Waals surface area contributed by atoms with E-state index in [2.05, 4.69) is 47.5 Å². The molecule has 0 saturated heterocycles. The average molecular weight is 308 g/mol. The largest absolute Gasteiger partial charge is 0.325 e. The maximum atomic E-state index is 12.4. The van der Waals surface area contributed by atoms with E-state index in [1.54, 1.807) is 0 Å². The van der Waals surface area contributed by atoms with Crippen LogP contribution in [0.3, 0.4) is 0 Å². The molecule has 3 rings (SSSR count). The molecule has 0 heterocycles. The second-order valence-electron chi connectivity index (χ2n) is 6.23. The van der Waals surface area contributed by atoms with Crippen molar-refractivity contribution in [3.63, 3.8) is 0 Å². The SMILES string of the molecule is CCc1ccccc1NC(=O)CN(C)[C@@H]1CCc2ccccc21. The first-order valence-electron chi connectivity index (χ1n) is 8.35. The lowest BCUT2D eigenvalue weighted by Gasteiger charge is -2.24. The van der Waals surface area contributed by atoms with Crippen LogP contribution >= 0.6 is 0 Å². The van der Waals surface area contributed by atoms with Crippen LogP contribution in [0.5, 0.6) is 0 Å². The first-order valence-corrected chi connectivity index (χ1v) is 8.35. The molecule has 23 heavy (non-hydrogen) atoms. The van der Waals surface area contributed by atoms with Crippen molar-refractivity contribution in [2.75, 3.05) is 18.9 Å². The highest BCUT2D eigenvalue weighted by Gasteiger charge is 2.26. The van der Waals surface area contributed by atoms with Crippen LogP contribution in [0.2, 0.25) is 0 Å². The third kappa shape index (κ3) is 3.45. The van der Waals surface area contributed by atoms with Crippen LogP contribution in [0.4, 0.5) is 5.69 Å². The van der Waals surface area contributed by atoms with Gasteiger partial charge in [-0.3, -0.25) is 9.69 Å². The maximum Gasteiger partial charge on any atom is 0.238 e. The molecule has 120 valence electrons. The van der Waals surface area contributed by atoms with Gasteiger partial charge in [-0.05, 0) is 49.1 Å². The molecule has 3 heteroatoms. The number of aryl methyl sites for hydroxylation is 2. The lowest BCUT2D eigenvalue weighted by atomic mass is 10.1. The van der Waals surface area contributed by atoms with Crippen LogP contribution in [0, 0.1) is 0 Å². The first kappa shape index (κ1) is 15.8. The molecule has 0 spiro atoms. The van der Waals surface area contributed by atoms with E-state index in [-0.39, 0.29) is 5.91 Å². The van der Waals surface area contributed by atoms with Crippen LogP contribution in [0.15, 0.2) is 48.5 Å². The lowest BCUT2D eigenvalue weighted by Crippen LogP contribution is -2.32. The van der Waals surface area contributed by atoms with Gasteiger partial charge in [-0.1, -0.05) is 49.4 Å². The fourth-order valence-electron chi connectivity index (χ4n) is 3.47. The zero-order valence-corrected chi connectivity index (χ0v) is 13.9. The Labute approximate surface area is 138 Å². The van der Waals surface area contributed by atoms with Crippen LogP contribution < -0.4 is 5.32 Å². The highest BCUT2D eigenvalue weighted by Crippen LogP contribution is 2.34. The molecule has 1 amide bonds. The third-order valence-corrected chi connectivity index (χ3v) is 4.70. The van der Waals surface area contributed by atoms with E-state index in [1.165, 1.54) is 16.7 Å². The zero-order valence-electron chi connectivity index (χ0n) is 13.9. The smallest absolute Gasteiger partial charge is 0.238 e. The number of likely N-dealkylation sites (N-methyl/N-ethyl adjacent to an activating group) is 1. The number of carbonyl (C=O) groups excluding carboxylic acids is 1. The van der Waals surface area contributed by atoms with Gasteiger partial charge < -0.3 is 5.32 Å². The number of hydrogen-bond donors (Lipinski definition) is 1. The molecule has 0 bridgehead atoms. The van der Waals surface area contributed by atoms with Crippen molar-refractivity contribution < 1.29 is 4.79 Å². The molecule has 0 aliphatic heterocycles. The van der Waals surface area contributed by atoms with Gasteiger partial charge in [-0.25, -0.2) is 0 Å². The summed E-state index contributed by atoms with van der Waals surface area (Å²) < 4.78 is 0. The summed E-state index contributed by atoms with van der Waals surface area (Å²) in [5.41, 5.74) is 4.90. The van der Waals surface area contributed by atoms with E-state index < -0.39 is 0 Å². The lowest BCUT2D eigenvalue weighted by molar-refractivity contribution is -0.117. The number of nitrogens with zero attached hydrogens (tertiary/aromatic N) is 1. The van der Waals surface area contributed by atoms with Crippen molar-refractivity contribution in [1.82, 2.24) is 4.90 Å². The third-order valence-electron chi connectivity index (χ3n) is 4.70. The number of para-hydroxylation sites is 1. The zero-order chi connectivity index (χ0) is 16.2. The Bertz CT molecular complexity index is 696. The van der Waals surface area contributed by atoms with Crippen molar-refractivity contribution in [2.45, 2.75) is 32.2 Å². The molecule has 0 fully saturated rings. The molecule has 3 nitrogen and oxygen atoms in total. The Morgan fingerprint density at radius 2 is 1.91 bits per heavy atom. The fourth-order valence-corrected chi connectivity index (χ4v) is 3.47. The predicted octanol–water partition coefficient (Wildman–Crippen LogP) is 3.81. The maximum absolute atomic E-state index is 12.4. The molecule has 0 saturated carbocycles. The van der Waals surface area contributed by atoms with Crippen molar-refractivity contribution in [1.29, 1.82) is 0 Å². The normalized spacial score (nSPS) is 16.4. The fraction of sp³-hybridized carbons (Fsp3) is 0.350. The second-order valence-corrected chi connectivity index (χ2v) is 6.23. The Morgan fingerprint density at radius 1 is 1.17 bits per heavy atom. The van der Waals surface area contributed by atoms with Gasteiger partial charge in [0, 0.05) is 11.7 Å². The number of carbonyl (C=O) groups is 1. The highest BCUT2D eigenvalue weighted by molar-refractivity contribution is 5.93. The minimum atomic E-state index is 0.0535. The molecule has 0 unspecified atom stereocenters. The van der Waals surface area contributed by atoms with Gasteiger partial charge in [0.05, 0.1) is 6.54 Å². The average Bonchev–Trinajstić information content (AvgIpc) is 2.99. The molecule has 1 N–H and O–H groups in total. The predicted molar refractivity (Wildman–Crippen MR) is 94.6 cm³/mol. The van der Waals surface area contributed by atoms with Crippen LogP contribution in [0.25, 0.3) is 0 Å². The highest BCUT2D eigenvalue weighted by atomic mass is 16.2. The number of hydrogen-bond acceptors (Lipinski definition) is 2. The number of rotatable bonds is 5. The molecule has 1 aliphatic carbocycles. The number of amides is 1. The number of benzene rings is 2. The molecule has 2 aromatic carbocycles. The summed E-state index contributed by atoms with van der Waals surface area (Å²) in [6, 6.07) is 16.9. The monoisotopic (exact) mass is 308 g/mol. The van der Waals surface area contributed by atoms with Gasteiger partial charge in [0.1, 0.15) is 0 Å². The van der Waals surface area contributed by atoms with E-state index in [4.69, 9.17) is 0 Å². The number of fused-ring (bicyclic) bond motifs is 1. The van der Waals surface area contributed by atoms with Crippen molar-refractivity contribution >= 4 is 11.6 Å². The first-order chi connectivity index (χ1) is 11.2. The standard InChI is InChI=1S/C20H24N2O/c1-3-15-8-5-7-11-18(15)21-20(23)14-22(2)19-13-12-16-9-4-6-10-17(16)19/h4-11,19H,3,12-14H2,1-2H3,(H,21,23)/t19-/m1/s1. The van der Waals surface area contributed by atoms with Crippen molar-refractivity contribution in [3.8, 4) is 0 Å². The number of anilines is 1. The molecule has 0 aromatic heterocycles. The Kier molecular flexibility index (Phi) is 4.77. The Morgan fingerprint density at radius 3 is 2.74 bits per heavy atom. The molecule has 1 aliphatic rings. The van der Waals surface area contributed by atoms with E-state index >= 15 is 0 Å². The van der Waals surface area contributed by atoms with Crippen molar-refractivity contribution in [2.24, 2.45) is 0 Å². The minimum Gasteiger partial charge on any atom is -0.325 e. The summed E-state index contributed by atoms with van der Waals surface area (Å²) in [5, 5.41) is 3.06. The summed E-state index contributed by atoms with van der Waals surface area (Å²) in [7, 11) is 2.04. The van der Waals surface area contributed by atoms with Gasteiger partial charge >= 0.3 is 0 Å². The van der Waals surface area contributed by atoms with Gasteiger partial charge in [-0.15, -0.1) is 0 Å². The quantitative estimate of drug-likeness (QED) is 0.911. The molecule has 1 atom stereocenters. The van der Waals surface area contributed by atoms with E-state index in [0.29, 0.717) is 12.6 Å². The van der Waals surface area contributed by atoms with Crippen molar-refractivity contribution in [3.05, 3.63) is 65.2 Å². The van der Waals surface area contributed by atoms with Gasteiger partial charge in [0.25, 0.3) is 0 Å². The Hall–Kier alpha value is -2.13. The van der Waals surface area contributed by atoms with E-state index in [9.17, 15) is 4.79 Å². The van der Waals surface area contributed by atoms with E-state index in [1.807, 2.05) is 25.2 Å². The van der Waals surface area contributed by atoms with E-state index in [0.717, 1.165) is 24.9 Å². The molecular formula is C20H24N2O. The summed E-state index contributed by atoms with van der Waals surface area (Å²) in [4.78, 5) is 14.6. The van der Waals surface area contributed by atoms with Crippen LogP contribution in [-0.2, 0) is 17.6 Å². The van der Waals surface area contributed by atoms with Gasteiger partial charge in [0.15, 0.2) is 0 Å². The second kappa shape index (κ2) is 6.97. The van der Waals surface area contributed by atoms with Crippen LogP contribution in [0.1, 0.15) is 36.1 Å². The summed E-state index contributed by atoms with van der Waals surface area (Å²) >= 11 is 0. The summed E-state index contributed by atoms with van der Waals surface area (Å²) in [5.74, 6) is 0.0535. The molecule has 2 aromatic rings. The molecular weight excluding hydrogens is 284 g/mol. The Balaban J connectivity index is 1.64. The van der Waals surface area contributed by atoms with Crippen LogP contribution in [-0.4, -0.2) is 24.4 Å². The summed E-state index contributed by atoms with van der Waals surface area (Å²) in [6.45, 7) is 2.52. The topological polar surface area (TPSA) is 32.3 Å².